The molecule has 110 valence electrons. The predicted octanol–water partition coefficient (Wildman–Crippen LogP) is 1.79. The van der Waals surface area contributed by atoms with Crippen molar-refractivity contribution in [2.45, 2.75) is 19.4 Å². The fraction of sp³-hybridized carbons (Fsp3) is 0.500. The van der Waals surface area contributed by atoms with E-state index in [4.69, 9.17) is 15.2 Å². The number of ether oxygens (including phenoxy) is 2. The number of rotatable bonds is 5. The van der Waals surface area contributed by atoms with Crippen LogP contribution in [0.4, 0.5) is 15.8 Å². The summed E-state index contributed by atoms with van der Waals surface area (Å²) in [5, 5.41) is 2.64. The van der Waals surface area contributed by atoms with Crippen LogP contribution in [-0.4, -0.2) is 31.8 Å². The number of benzene rings is 1. The smallest absolute Gasteiger partial charge is 0.253 e. The van der Waals surface area contributed by atoms with Gasteiger partial charge in [0.2, 0.25) is 0 Å². The minimum absolute atomic E-state index is 0.000485. The number of halogens is 1. The maximum Gasteiger partial charge on any atom is 0.253 e. The predicted molar refractivity (Wildman–Crippen MR) is 73.8 cm³/mol. The summed E-state index contributed by atoms with van der Waals surface area (Å²) >= 11 is 0. The van der Waals surface area contributed by atoms with E-state index in [1.165, 1.54) is 18.2 Å². The van der Waals surface area contributed by atoms with E-state index < -0.39 is 11.9 Å². The molecule has 0 bridgehead atoms. The first-order valence-electron chi connectivity index (χ1n) is 6.61. The van der Waals surface area contributed by atoms with Gasteiger partial charge >= 0.3 is 0 Å². The highest BCUT2D eigenvalue weighted by Crippen LogP contribution is 2.17. The molecule has 0 saturated carbocycles. The number of hydrogen-bond donors (Lipinski definition) is 2. The summed E-state index contributed by atoms with van der Waals surface area (Å²) in [7, 11) is 0. The minimum atomic E-state index is -0.582. The molecular weight excluding hydrogens is 263 g/mol. The third-order valence-corrected chi connectivity index (χ3v) is 3.24. The molecule has 1 saturated heterocycles. The average molecular weight is 282 g/mol. The minimum Gasteiger partial charge on any atom is -0.396 e. The molecule has 0 spiro atoms. The molecule has 2 unspecified atom stereocenters. The van der Waals surface area contributed by atoms with Crippen LogP contribution < -0.4 is 11.1 Å². The monoisotopic (exact) mass is 282 g/mol. The zero-order chi connectivity index (χ0) is 14.5. The van der Waals surface area contributed by atoms with Gasteiger partial charge in [-0.05, 0) is 31.5 Å². The summed E-state index contributed by atoms with van der Waals surface area (Å²) in [5.74, 6) is -0.435. The summed E-state index contributed by atoms with van der Waals surface area (Å²) < 4.78 is 23.8. The van der Waals surface area contributed by atoms with Crippen molar-refractivity contribution in [2.75, 3.05) is 30.9 Å². The molecule has 5 nitrogen and oxygen atoms in total. The van der Waals surface area contributed by atoms with Crippen LogP contribution >= 0.6 is 0 Å². The maximum absolute atomic E-state index is 13.0. The Labute approximate surface area is 117 Å². The van der Waals surface area contributed by atoms with Crippen LogP contribution in [0.3, 0.4) is 0 Å². The third kappa shape index (κ3) is 3.91. The maximum atomic E-state index is 13.0. The van der Waals surface area contributed by atoms with Gasteiger partial charge in [-0.3, -0.25) is 4.79 Å². The number of anilines is 2. The fourth-order valence-electron chi connectivity index (χ4n) is 1.94. The number of amides is 1. The van der Waals surface area contributed by atoms with Gasteiger partial charge in [0.05, 0.1) is 18.9 Å². The first-order valence-corrected chi connectivity index (χ1v) is 6.61. The van der Waals surface area contributed by atoms with E-state index >= 15 is 0 Å². The van der Waals surface area contributed by atoms with Crippen LogP contribution in [0.5, 0.6) is 0 Å². The van der Waals surface area contributed by atoms with Gasteiger partial charge in [-0.1, -0.05) is 0 Å². The van der Waals surface area contributed by atoms with Crippen molar-refractivity contribution < 1.29 is 18.7 Å². The first-order chi connectivity index (χ1) is 9.56. The number of hydrogen-bond acceptors (Lipinski definition) is 4. The lowest BCUT2D eigenvalue weighted by molar-refractivity contribution is -0.127. The summed E-state index contributed by atoms with van der Waals surface area (Å²) in [4.78, 5) is 11.9. The highest BCUT2D eigenvalue weighted by Gasteiger charge is 2.20. The van der Waals surface area contributed by atoms with Gasteiger partial charge in [-0.25, -0.2) is 4.39 Å². The summed E-state index contributed by atoms with van der Waals surface area (Å²) in [6, 6.07) is 4.05. The lowest BCUT2D eigenvalue weighted by atomic mass is 10.1. The Balaban J connectivity index is 1.81. The van der Waals surface area contributed by atoms with Crippen molar-refractivity contribution in [1.29, 1.82) is 0 Å². The molecule has 2 atom stereocenters. The molecule has 20 heavy (non-hydrogen) atoms. The molecule has 0 aromatic heterocycles. The van der Waals surface area contributed by atoms with Gasteiger partial charge in [0.15, 0.2) is 0 Å². The number of carbonyl (C=O) groups is 1. The molecular formula is C14H19FN2O3. The van der Waals surface area contributed by atoms with Gasteiger partial charge in [-0.2, -0.15) is 0 Å². The lowest BCUT2D eigenvalue weighted by Crippen LogP contribution is -2.29. The van der Waals surface area contributed by atoms with Crippen molar-refractivity contribution >= 4 is 17.3 Å². The van der Waals surface area contributed by atoms with Crippen LogP contribution in [-0.2, 0) is 14.3 Å². The number of nitrogens with one attached hydrogen (secondary N) is 1. The molecule has 1 aliphatic rings. The lowest BCUT2D eigenvalue weighted by Gasteiger charge is -2.15. The zero-order valence-corrected chi connectivity index (χ0v) is 11.4. The second-order valence-electron chi connectivity index (χ2n) is 4.93. The average Bonchev–Trinajstić information content (AvgIpc) is 2.93. The first kappa shape index (κ1) is 14.7. The summed E-state index contributed by atoms with van der Waals surface area (Å²) in [6.45, 7) is 3.62. The molecule has 2 rings (SSSR count). The Bertz CT molecular complexity index is 475. The highest BCUT2D eigenvalue weighted by molar-refractivity contribution is 5.94. The van der Waals surface area contributed by atoms with Crippen molar-refractivity contribution in [2.24, 2.45) is 5.92 Å². The van der Waals surface area contributed by atoms with Gasteiger partial charge in [0.25, 0.3) is 5.91 Å². The Morgan fingerprint density at radius 3 is 3.10 bits per heavy atom. The van der Waals surface area contributed by atoms with Crippen molar-refractivity contribution in [1.82, 2.24) is 0 Å². The molecule has 1 aliphatic heterocycles. The Morgan fingerprint density at radius 2 is 2.45 bits per heavy atom. The van der Waals surface area contributed by atoms with E-state index in [9.17, 15) is 9.18 Å². The summed E-state index contributed by atoms with van der Waals surface area (Å²) in [5.41, 5.74) is 5.89. The van der Waals surface area contributed by atoms with Crippen LogP contribution in [0.1, 0.15) is 13.3 Å². The number of nitrogens with two attached hydrogens (primary N) is 1. The second-order valence-corrected chi connectivity index (χ2v) is 4.93. The van der Waals surface area contributed by atoms with Crippen LogP contribution in [0.2, 0.25) is 0 Å². The van der Waals surface area contributed by atoms with Crippen molar-refractivity contribution in [3.8, 4) is 0 Å². The van der Waals surface area contributed by atoms with Crippen molar-refractivity contribution in [3.63, 3.8) is 0 Å². The molecule has 1 aromatic carbocycles. The molecule has 0 aliphatic carbocycles. The Morgan fingerprint density at radius 1 is 1.65 bits per heavy atom. The fourth-order valence-corrected chi connectivity index (χ4v) is 1.94. The number of carbonyl (C=O) groups excluding carboxylic acids is 1. The molecule has 1 aromatic rings. The van der Waals surface area contributed by atoms with E-state index in [0.717, 1.165) is 13.0 Å². The Kier molecular flexibility index (Phi) is 4.92. The molecule has 1 amide bonds. The molecule has 1 heterocycles. The van der Waals surface area contributed by atoms with Crippen LogP contribution in [0, 0.1) is 11.7 Å². The quantitative estimate of drug-likeness (QED) is 0.807. The largest absolute Gasteiger partial charge is 0.396 e. The zero-order valence-electron chi connectivity index (χ0n) is 11.4. The van der Waals surface area contributed by atoms with E-state index in [1.54, 1.807) is 6.92 Å². The van der Waals surface area contributed by atoms with E-state index in [2.05, 4.69) is 5.32 Å². The molecule has 1 fully saturated rings. The van der Waals surface area contributed by atoms with Gasteiger partial charge in [-0.15, -0.1) is 0 Å². The van der Waals surface area contributed by atoms with Gasteiger partial charge in [0, 0.05) is 18.2 Å². The SMILES string of the molecule is CC(OCC1CCOC1)C(=O)Nc1ccc(F)c(N)c1. The molecule has 3 N–H and O–H groups in total. The summed E-state index contributed by atoms with van der Waals surface area (Å²) in [6.07, 6.45) is 0.380. The number of nitrogen functional groups attached to an aromatic ring is 1. The van der Waals surface area contributed by atoms with E-state index in [1.807, 2.05) is 0 Å². The second kappa shape index (κ2) is 6.67. The Hall–Kier alpha value is -1.66. The van der Waals surface area contributed by atoms with Crippen LogP contribution in [0.15, 0.2) is 18.2 Å². The standard InChI is InChI=1S/C14H19FN2O3/c1-9(20-8-10-4-5-19-7-10)14(18)17-11-2-3-12(15)13(16)6-11/h2-3,6,9-10H,4-5,7-8,16H2,1H3,(H,17,18). The van der Waals surface area contributed by atoms with E-state index in [-0.39, 0.29) is 11.6 Å². The normalized spacial score (nSPS) is 19.8. The highest BCUT2D eigenvalue weighted by atomic mass is 19.1. The van der Waals surface area contributed by atoms with Crippen LogP contribution in [0.25, 0.3) is 0 Å². The van der Waals surface area contributed by atoms with Gasteiger partial charge in [0.1, 0.15) is 11.9 Å². The topological polar surface area (TPSA) is 73.6 Å². The van der Waals surface area contributed by atoms with Crippen molar-refractivity contribution in [3.05, 3.63) is 24.0 Å². The third-order valence-electron chi connectivity index (χ3n) is 3.24. The van der Waals surface area contributed by atoms with Gasteiger partial charge < -0.3 is 20.5 Å². The molecule has 0 radical (unpaired) electrons. The van der Waals surface area contributed by atoms with E-state index in [0.29, 0.717) is 24.8 Å². The molecule has 6 heteroatoms.